The summed E-state index contributed by atoms with van der Waals surface area (Å²) in [6, 6.07) is 0.817. The van der Waals surface area contributed by atoms with E-state index in [0.29, 0.717) is 11.8 Å². The lowest BCUT2D eigenvalue weighted by molar-refractivity contribution is -0.131. The van der Waals surface area contributed by atoms with Gasteiger partial charge in [0, 0.05) is 19.1 Å². The molecule has 2 aliphatic rings. The van der Waals surface area contributed by atoms with Gasteiger partial charge in [-0.15, -0.1) is 0 Å². The lowest BCUT2D eigenvalue weighted by atomic mass is 9.99. The van der Waals surface area contributed by atoms with Gasteiger partial charge in [-0.3, -0.25) is 15.0 Å². The smallest absolute Gasteiger partial charge is 0.241 e. The van der Waals surface area contributed by atoms with Crippen molar-refractivity contribution in [3.8, 4) is 0 Å². The molecule has 4 nitrogen and oxygen atoms in total. The Morgan fingerprint density at radius 3 is 2.55 bits per heavy atom. The molecular formula is C16H31N3O. The molecule has 2 fully saturated rings. The minimum absolute atomic E-state index is 0.0287. The van der Waals surface area contributed by atoms with E-state index in [-0.39, 0.29) is 12.2 Å². The zero-order chi connectivity index (χ0) is 14.7. The summed E-state index contributed by atoms with van der Waals surface area (Å²) in [7, 11) is 0. The summed E-state index contributed by atoms with van der Waals surface area (Å²) in [6.45, 7) is 11.7. The SMILES string of the molecule is CCC(C)C1NC(CC)N(CCN(CC)C2CC2)C1=O. The first-order chi connectivity index (χ1) is 9.62. The molecule has 2 rings (SSSR count). The average molecular weight is 281 g/mol. The number of hydrogen-bond donors (Lipinski definition) is 1. The molecule has 3 unspecified atom stereocenters. The van der Waals surface area contributed by atoms with Gasteiger partial charge in [-0.2, -0.15) is 0 Å². The van der Waals surface area contributed by atoms with Gasteiger partial charge in [0.1, 0.15) is 0 Å². The fourth-order valence-corrected chi connectivity index (χ4v) is 3.22. The summed E-state index contributed by atoms with van der Waals surface area (Å²) < 4.78 is 0. The minimum atomic E-state index is 0.0287. The molecule has 3 atom stereocenters. The Morgan fingerprint density at radius 1 is 1.35 bits per heavy atom. The first-order valence-electron chi connectivity index (χ1n) is 8.42. The highest BCUT2D eigenvalue weighted by atomic mass is 16.2. The van der Waals surface area contributed by atoms with E-state index in [1.54, 1.807) is 0 Å². The third-order valence-corrected chi connectivity index (χ3v) is 4.99. The zero-order valence-corrected chi connectivity index (χ0v) is 13.6. The number of rotatable bonds is 8. The van der Waals surface area contributed by atoms with Gasteiger partial charge < -0.3 is 4.90 Å². The van der Waals surface area contributed by atoms with Gasteiger partial charge in [0.25, 0.3) is 0 Å². The number of carbonyl (C=O) groups excluding carboxylic acids is 1. The van der Waals surface area contributed by atoms with Crippen LogP contribution in [0.1, 0.15) is 53.4 Å². The summed E-state index contributed by atoms with van der Waals surface area (Å²) in [5, 5.41) is 3.54. The van der Waals surface area contributed by atoms with Crippen molar-refractivity contribution in [1.29, 1.82) is 0 Å². The predicted molar refractivity (Wildman–Crippen MR) is 82.4 cm³/mol. The molecule has 0 radical (unpaired) electrons. The van der Waals surface area contributed by atoms with E-state index < -0.39 is 0 Å². The van der Waals surface area contributed by atoms with Gasteiger partial charge >= 0.3 is 0 Å². The molecule has 1 saturated carbocycles. The van der Waals surface area contributed by atoms with Crippen LogP contribution in [0.5, 0.6) is 0 Å². The first-order valence-corrected chi connectivity index (χ1v) is 8.42. The van der Waals surface area contributed by atoms with Gasteiger partial charge in [-0.25, -0.2) is 0 Å². The Labute approximate surface area is 123 Å². The summed E-state index contributed by atoms with van der Waals surface area (Å²) in [4.78, 5) is 17.2. The van der Waals surface area contributed by atoms with Crippen molar-refractivity contribution in [2.45, 2.75) is 71.6 Å². The normalized spacial score (nSPS) is 28.4. The number of carbonyl (C=O) groups is 1. The van der Waals surface area contributed by atoms with E-state index in [4.69, 9.17) is 0 Å². The predicted octanol–water partition coefficient (Wildman–Crippen LogP) is 2.05. The molecule has 0 bridgehead atoms. The molecule has 1 aliphatic carbocycles. The lowest BCUT2D eigenvalue weighted by Crippen LogP contribution is -2.42. The molecule has 1 amide bonds. The number of nitrogens with zero attached hydrogens (tertiary/aromatic N) is 2. The maximum absolute atomic E-state index is 12.6. The molecule has 0 spiro atoms. The van der Waals surface area contributed by atoms with Crippen LogP contribution in [0.3, 0.4) is 0 Å². The topological polar surface area (TPSA) is 35.6 Å². The van der Waals surface area contributed by atoms with Crippen LogP contribution in [0.2, 0.25) is 0 Å². The Kier molecular flexibility index (Phi) is 5.44. The molecule has 4 heteroatoms. The second kappa shape index (κ2) is 6.90. The van der Waals surface area contributed by atoms with Crippen molar-refractivity contribution < 1.29 is 4.79 Å². The minimum Gasteiger partial charge on any atom is -0.325 e. The van der Waals surface area contributed by atoms with Crippen molar-refractivity contribution in [1.82, 2.24) is 15.1 Å². The highest BCUT2D eigenvalue weighted by Crippen LogP contribution is 2.27. The second-order valence-electron chi connectivity index (χ2n) is 6.35. The number of amides is 1. The van der Waals surface area contributed by atoms with Gasteiger partial charge in [-0.1, -0.05) is 34.1 Å². The molecule has 0 aromatic heterocycles. The van der Waals surface area contributed by atoms with E-state index in [1.165, 1.54) is 12.8 Å². The lowest BCUT2D eigenvalue weighted by Gasteiger charge is -2.27. The summed E-state index contributed by atoms with van der Waals surface area (Å²) in [6.07, 6.45) is 4.96. The molecule has 0 aromatic carbocycles. The van der Waals surface area contributed by atoms with Crippen molar-refractivity contribution in [3.63, 3.8) is 0 Å². The van der Waals surface area contributed by atoms with Gasteiger partial charge in [0.05, 0.1) is 12.2 Å². The molecule has 1 aliphatic heterocycles. The number of nitrogens with one attached hydrogen (secondary N) is 1. The van der Waals surface area contributed by atoms with Crippen molar-refractivity contribution in [2.75, 3.05) is 19.6 Å². The Bertz CT molecular complexity index is 330. The maximum Gasteiger partial charge on any atom is 0.241 e. The van der Waals surface area contributed by atoms with Crippen LogP contribution in [0.15, 0.2) is 0 Å². The van der Waals surface area contributed by atoms with Crippen LogP contribution in [0.4, 0.5) is 0 Å². The summed E-state index contributed by atoms with van der Waals surface area (Å²) in [5.41, 5.74) is 0. The molecule has 116 valence electrons. The van der Waals surface area contributed by atoms with Crippen LogP contribution in [0, 0.1) is 5.92 Å². The zero-order valence-electron chi connectivity index (χ0n) is 13.6. The second-order valence-corrected chi connectivity index (χ2v) is 6.35. The van der Waals surface area contributed by atoms with Crippen molar-refractivity contribution in [2.24, 2.45) is 5.92 Å². The van der Waals surface area contributed by atoms with E-state index >= 15 is 0 Å². The average Bonchev–Trinajstić information content (AvgIpc) is 3.24. The van der Waals surface area contributed by atoms with Crippen LogP contribution in [0.25, 0.3) is 0 Å². The van der Waals surface area contributed by atoms with E-state index in [1.807, 2.05) is 0 Å². The van der Waals surface area contributed by atoms with Crippen LogP contribution >= 0.6 is 0 Å². The Morgan fingerprint density at radius 2 is 2.05 bits per heavy atom. The summed E-state index contributed by atoms with van der Waals surface area (Å²) in [5.74, 6) is 0.741. The Hall–Kier alpha value is -0.610. The maximum atomic E-state index is 12.6. The monoisotopic (exact) mass is 281 g/mol. The molecule has 0 aromatic rings. The van der Waals surface area contributed by atoms with Crippen LogP contribution < -0.4 is 5.32 Å². The highest BCUT2D eigenvalue weighted by molar-refractivity contribution is 5.84. The van der Waals surface area contributed by atoms with Gasteiger partial charge in [-0.05, 0) is 31.7 Å². The molecular weight excluding hydrogens is 250 g/mol. The summed E-state index contributed by atoms with van der Waals surface area (Å²) >= 11 is 0. The van der Waals surface area contributed by atoms with E-state index in [9.17, 15) is 4.79 Å². The highest BCUT2D eigenvalue weighted by Gasteiger charge is 2.40. The van der Waals surface area contributed by atoms with Crippen molar-refractivity contribution in [3.05, 3.63) is 0 Å². The van der Waals surface area contributed by atoms with E-state index in [0.717, 1.165) is 38.5 Å². The third-order valence-electron chi connectivity index (χ3n) is 4.99. The quantitative estimate of drug-likeness (QED) is 0.739. The molecule has 1 saturated heterocycles. The number of likely N-dealkylation sites (N-methyl/N-ethyl adjacent to an activating group) is 1. The van der Waals surface area contributed by atoms with Crippen LogP contribution in [-0.2, 0) is 4.79 Å². The van der Waals surface area contributed by atoms with Gasteiger partial charge in [0.15, 0.2) is 0 Å². The first kappa shape index (κ1) is 15.8. The fraction of sp³-hybridized carbons (Fsp3) is 0.938. The number of hydrogen-bond acceptors (Lipinski definition) is 3. The molecule has 1 N–H and O–H groups in total. The standard InChI is InChI=1S/C16H31N3O/c1-5-12(4)15-16(20)19(14(6-2)17-15)11-10-18(7-3)13-8-9-13/h12-15,17H,5-11H2,1-4H3. The van der Waals surface area contributed by atoms with E-state index in [2.05, 4.69) is 42.8 Å². The molecule has 20 heavy (non-hydrogen) atoms. The Balaban J connectivity index is 1.92. The van der Waals surface area contributed by atoms with Crippen LogP contribution in [-0.4, -0.2) is 53.6 Å². The molecule has 1 heterocycles. The van der Waals surface area contributed by atoms with Crippen molar-refractivity contribution >= 4 is 5.91 Å². The third kappa shape index (κ3) is 3.34. The van der Waals surface area contributed by atoms with Gasteiger partial charge in [0.2, 0.25) is 5.91 Å². The fourth-order valence-electron chi connectivity index (χ4n) is 3.22. The largest absolute Gasteiger partial charge is 0.325 e.